The van der Waals surface area contributed by atoms with Gasteiger partial charge >= 0.3 is 6.92 Å². The van der Waals surface area contributed by atoms with E-state index in [-0.39, 0.29) is 17.9 Å². The van der Waals surface area contributed by atoms with Crippen molar-refractivity contribution in [1.29, 1.82) is 0 Å². The lowest BCUT2D eigenvalue weighted by atomic mass is 9.63. The average Bonchev–Trinajstić information content (AvgIpc) is 2.85. The van der Waals surface area contributed by atoms with E-state index in [0.29, 0.717) is 12.2 Å². The molecule has 0 fully saturated rings. The van der Waals surface area contributed by atoms with Gasteiger partial charge < -0.3 is 10.4 Å². The number of nitrogens with zero attached hydrogens (tertiary/aromatic N) is 1. The number of benzene rings is 1. The monoisotopic (exact) mass is 317 g/mol. The summed E-state index contributed by atoms with van der Waals surface area (Å²) in [6, 6.07) is 8.52. The van der Waals surface area contributed by atoms with Gasteiger partial charge in [-0.3, -0.25) is 9.71 Å². The molecule has 0 aliphatic carbocycles. The summed E-state index contributed by atoms with van der Waals surface area (Å²) in [5.74, 6) is 0. The van der Waals surface area contributed by atoms with Crippen LogP contribution in [0.25, 0.3) is 0 Å². The maximum Gasteiger partial charge on any atom is 0.326 e. The van der Waals surface area contributed by atoms with Gasteiger partial charge in [-0.05, 0) is 29.2 Å². The highest BCUT2D eigenvalue weighted by molar-refractivity contribution is 7.92. The van der Waals surface area contributed by atoms with Crippen molar-refractivity contribution >= 4 is 28.1 Å². The van der Waals surface area contributed by atoms with E-state index in [9.17, 15) is 8.42 Å². The predicted molar refractivity (Wildman–Crippen MR) is 85.6 cm³/mol. The molecule has 0 radical (unpaired) electrons. The molecule has 0 saturated heterocycles. The Morgan fingerprint density at radius 1 is 1.36 bits per heavy atom. The minimum atomic E-state index is -3.68. The summed E-state index contributed by atoms with van der Waals surface area (Å²) in [6.07, 6.45) is 2.64. The van der Waals surface area contributed by atoms with Gasteiger partial charge in [-0.2, -0.15) is 0 Å². The Morgan fingerprint density at radius 2 is 2.18 bits per heavy atom. The molecule has 1 atom stereocenters. The normalized spacial score (nSPS) is 17.4. The number of nitrogens with one attached hydrogen (secondary N) is 1. The van der Waals surface area contributed by atoms with Crippen LogP contribution >= 0.6 is 0 Å². The Kier molecular flexibility index (Phi) is 3.90. The molecule has 3 rings (SSSR count). The lowest BCUT2D eigenvalue weighted by molar-refractivity contribution is 0.235. The zero-order valence-electron chi connectivity index (χ0n) is 12.1. The second kappa shape index (κ2) is 5.71. The Bertz CT molecular complexity index is 783. The molecule has 2 aromatic rings. The van der Waals surface area contributed by atoms with Crippen LogP contribution in [0.3, 0.4) is 0 Å². The minimum Gasteiger partial charge on any atom is -0.423 e. The smallest absolute Gasteiger partial charge is 0.326 e. The van der Waals surface area contributed by atoms with Crippen LogP contribution < -0.4 is 15.9 Å². The first-order valence-electron chi connectivity index (χ1n) is 6.94. The zero-order valence-corrected chi connectivity index (χ0v) is 12.9. The van der Waals surface area contributed by atoms with Crippen molar-refractivity contribution < 1.29 is 13.1 Å². The SMILES string of the molecule is CB1O[C@@H](CN)c2cccc(NS(=O)(=O)c3cccnc3)c21. The number of nitrogens with two attached hydrogens (primary N) is 1. The van der Waals surface area contributed by atoms with Crippen LogP contribution in [-0.4, -0.2) is 26.9 Å². The van der Waals surface area contributed by atoms with Crippen molar-refractivity contribution in [3.05, 3.63) is 48.3 Å². The molecule has 0 spiro atoms. The van der Waals surface area contributed by atoms with Gasteiger partial charge in [0, 0.05) is 24.6 Å². The molecule has 3 N–H and O–H groups in total. The molecule has 114 valence electrons. The molecule has 1 aliphatic rings. The summed E-state index contributed by atoms with van der Waals surface area (Å²) in [5, 5.41) is 0. The van der Waals surface area contributed by atoms with Crippen molar-refractivity contribution in [1.82, 2.24) is 4.98 Å². The van der Waals surface area contributed by atoms with E-state index < -0.39 is 10.0 Å². The van der Waals surface area contributed by atoms with Crippen LogP contribution in [0.2, 0.25) is 6.82 Å². The summed E-state index contributed by atoms with van der Waals surface area (Å²) < 4.78 is 33.3. The number of hydrogen-bond donors (Lipinski definition) is 2. The van der Waals surface area contributed by atoms with E-state index >= 15 is 0 Å². The van der Waals surface area contributed by atoms with E-state index in [1.54, 1.807) is 18.2 Å². The van der Waals surface area contributed by atoms with E-state index in [2.05, 4.69) is 9.71 Å². The van der Waals surface area contributed by atoms with Gasteiger partial charge in [0.15, 0.2) is 0 Å². The molecule has 1 aliphatic heterocycles. The Hall–Kier alpha value is -1.90. The number of hydrogen-bond acceptors (Lipinski definition) is 5. The number of rotatable bonds is 4. The van der Waals surface area contributed by atoms with Crippen LogP contribution in [0.4, 0.5) is 5.69 Å². The molecule has 0 saturated carbocycles. The van der Waals surface area contributed by atoms with E-state index in [1.165, 1.54) is 18.5 Å². The molecule has 0 amide bonds. The van der Waals surface area contributed by atoms with Crippen molar-refractivity contribution in [2.24, 2.45) is 5.73 Å². The third-order valence-corrected chi connectivity index (χ3v) is 5.02. The van der Waals surface area contributed by atoms with Crippen LogP contribution in [0, 0.1) is 0 Å². The van der Waals surface area contributed by atoms with Crippen molar-refractivity contribution in [3.8, 4) is 0 Å². The fourth-order valence-corrected chi connectivity index (χ4v) is 3.73. The zero-order chi connectivity index (χ0) is 15.7. The maximum atomic E-state index is 12.4. The standard InChI is InChI=1S/C14H16BN3O3S/c1-15-14-11(13(8-16)21-15)5-2-6-12(14)18-22(19,20)10-4-3-7-17-9-10/h2-7,9,13,18H,8,16H2,1H3/t13-/m0/s1. The first kappa shape index (κ1) is 15.0. The summed E-state index contributed by atoms with van der Waals surface area (Å²) in [7, 11) is -3.68. The number of anilines is 1. The minimum absolute atomic E-state index is 0.120. The first-order valence-corrected chi connectivity index (χ1v) is 8.42. The summed E-state index contributed by atoms with van der Waals surface area (Å²) >= 11 is 0. The molecular weight excluding hydrogens is 301 g/mol. The molecule has 6 nitrogen and oxygen atoms in total. The van der Waals surface area contributed by atoms with Crippen LogP contribution in [0.1, 0.15) is 11.7 Å². The van der Waals surface area contributed by atoms with Gasteiger partial charge in [0.2, 0.25) is 0 Å². The van der Waals surface area contributed by atoms with Gasteiger partial charge in [-0.15, -0.1) is 0 Å². The number of aromatic nitrogens is 1. The molecule has 1 aromatic heterocycles. The second-order valence-electron chi connectivity index (χ2n) is 5.11. The maximum absolute atomic E-state index is 12.4. The largest absolute Gasteiger partial charge is 0.423 e. The Morgan fingerprint density at radius 3 is 2.86 bits per heavy atom. The quantitative estimate of drug-likeness (QED) is 0.811. The fraction of sp³-hybridized carbons (Fsp3) is 0.214. The molecule has 1 aromatic carbocycles. The number of pyridine rings is 1. The highest BCUT2D eigenvalue weighted by atomic mass is 32.2. The Balaban J connectivity index is 2.00. The van der Waals surface area contributed by atoms with Crippen molar-refractivity contribution in [3.63, 3.8) is 0 Å². The highest BCUT2D eigenvalue weighted by Crippen LogP contribution is 2.27. The lowest BCUT2D eigenvalue weighted by Crippen LogP contribution is -2.29. The van der Waals surface area contributed by atoms with Crippen LogP contribution in [0.5, 0.6) is 0 Å². The number of sulfonamides is 1. The molecule has 0 bridgehead atoms. The predicted octanol–water partition coefficient (Wildman–Crippen LogP) is 0.741. The van der Waals surface area contributed by atoms with Gasteiger partial charge in [-0.25, -0.2) is 8.42 Å². The second-order valence-corrected chi connectivity index (χ2v) is 6.79. The highest BCUT2D eigenvalue weighted by Gasteiger charge is 2.34. The number of fused-ring (bicyclic) bond motifs is 1. The molecule has 8 heteroatoms. The van der Waals surface area contributed by atoms with Gasteiger partial charge in [0.25, 0.3) is 10.0 Å². The molecule has 2 heterocycles. The first-order chi connectivity index (χ1) is 10.5. The third kappa shape index (κ3) is 2.60. The third-order valence-electron chi connectivity index (χ3n) is 3.66. The van der Waals surface area contributed by atoms with Crippen molar-refractivity contribution in [2.75, 3.05) is 11.3 Å². The fourth-order valence-electron chi connectivity index (χ4n) is 2.69. The van der Waals surface area contributed by atoms with Gasteiger partial charge in [-0.1, -0.05) is 19.0 Å². The molecule has 0 unspecified atom stereocenters. The summed E-state index contributed by atoms with van der Waals surface area (Å²) in [6.45, 7) is 2.03. The van der Waals surface area contributed by atoms with Crippen LogP contribution in [0.15, 0.2) is 47.6 Å². The van der Waals surface area contributed by atoms with E-state index in [4.69, 9.17) is 10.4 Å². The topological polar surface area (TPSA) is 94.3 Å². The van der Waals surface area contributed by atoms with Gasteiger partial charge in [0.05, 0.1) is 6.10 Å². The summed E-state index contributed by atoms with van der Waals surface area (Å²) in [5.41, 5.74) is 8.00. The van der Waals surface area contributed by atoms with Crippen molar-refractivity contribution in [2.45, 2.75) is 17.8 Å². The molecule has 22 heavy (non-hydrogen) atoms. The van der Waals surface area contributed by atoms with Gasteiger partial charge in [0.1, 0.15) is 4.90 Å². The average molecular weight is 317 g/mol. The lowest BCUT2D eigenvalue weighted by Gasteiger charge is -2.13. The molecular formula is C14H16BN3O3S. The Labute approximate surface area is 129 Å². The van der Waals surface area contributed by atoms with E-state index in [0.717, 1.165) is 11.0 Å². The van der Waals surface area contributed by atoms with E-state index in [1.807, 2.05) is 12.9 Å². The summed E-state index contributed by atoms with van der Waals surface area (Å²) in [4.78, 5) is 3.96. The van der Waals surface area contributed by atoms with Crippen LogP contribution in [-0.2, 0) is 14.7 Å².